The molecule has 0 unspecified atom stereocenters. The van der Waals surface area contributed by atoms with E-state index in [4.69, 9.17) is 20.4 Å². The molecule has 9 heteroatoms. The summed E-state index contributed by atoms with van der Waals surface area (Å²) in [6.07, 6.45) is 2.53. The minimum atomic E-state index is -0.974. The predicted octanol–water partition coefficient (Wildman–Crippen LogP) is 0.230. The van der Waals surface area contributed by atoms with Crippen LogP contribution in [0.5, 0.6) is 0 Å². The van der Waals surface area contributed by atoms with E-state index >= 15 is 0 Å². The predicted molar refractivity (Wildman–Crippen MR) is 91.8 cm³/mol. The number of aliphatic hydroxyl groups excluding tert-OH is 3. The van der Waals surface area contributed by atoms with Crippen LogP contribution in [-0.2, 0) is 6.42 Å². The molecule has 0 aromatic carbocycles. The lowest BCUT2D eigenvalue weighted by Crippen LogP contribution is -2.32. The topological polar surface area (TPSA) is 119 Å². The summed E-state index contributed by atoms with van der Waals surface area (Å²) in [5.74, 6) is -0.974. The highest BCUT2D eigenvalue weighted by atomic mass is 32.1. The molecule has 0 aliphatic rings. The first-order valence-corrected chi connectivity index (χ1v) is 8.55. The van der Waals surface area contributed by atoms with Crippen molar-refractivity contribution in [2.24, 2.45) is 0 Å². The van der Waals surface area contributed by atoms with E-state index in [2.05, 4.69) is 11.9 Å². The highest BCUT2D eigenvalue weighted by molar-refractivity contribution is 7.17. The average Bonchev–Trinajstić information content (AvgIpc) is 3.08. The third-order valence-corrected chi connectivity index (χ3v) is 4.74. The molecule has 0 bridgehead atoms. The molecule has 2 rings (SSSR count). The maximum atomic E-state index is 10.7. The van der Waals surface area contributed by atoms with Gasteiger partial charge in [-0.3, -0.25) is 9.30 Å². The third kappa shape index (κ3) is 5.53. The number of aryl methyl sites for hydroxylation is 2. The Labute approximate surface area is 144 Å². The van der Waals surface area contributed by atoms with Crippen molar-refractivity contribution in [3.05, 3.63) is 22.5 Å². The second-order valence-electron chi connectivity index (χ2n) is 5.06. The summed E-state index contributed by atoms with van der Waals surface area (Å²) in [5, 5.41) is 34.2. The summed E-state index contributed by atoms with van der Waals surface area (Å²) in [7, 11) is 0. The van der Waals surface area contributed by atoms with Gasteiger partial charge in [0.15, 0.2) is 10.7 Å². The Morgan fingerprint density at radius 3 is 2.12 bits per heavy atom. The van der Waals surface area contributed by atoms with Gasteiger partial charge in [0.05, 0.1) is 19.8 Å². The first kappa shape index (κ1) is 20.5. The van der Waals surface area contributed by atoms with Gasteiger partial charge in [0.1, 0.15) is 0 Å². The zero-order valence-corrected chi connectivity index (χ0v) is 14.8. The Kier molecular flexibility index (Phi) is 8.87. The Balaban J connectivity index is 0.000000257. The lowest BCUT2D eigenvalue weighted by Gasteiger charge is -2.17. The second-order valence-corrected chi connectivity index (χ2v) is 6.12. The molecule has 8 nitrogen and oxygen atoms in total. The van der Waals surface area contributed by atoms with Crippen LogP contribution in [0, 0.1) is 6.92 Å². The smallest absolute Gasteiger partial charge is 0.356 e. The molecule has 0 radical (unpaired) electrons. The summed E-state index contributed by atoms with van der Waals surface area (Å²) in [4.78, 5) is 18.5. The molecule has 0 saturated carbocycles. The number of imidazole rings is 1. The second kappa shape index (κ2) is 10.4. The molecular formula is C15H25N3O5S. The van der Waals surface area contributed by atoms with E-state index in [1.165, 1.54) is 4.88 Å². The Morgan fingerprint density at radius 1 is 1.21 bits per heavy atom. The summed E-state index contributed by atoms with van der Waals surface area (Å²) >= 11 is 1.55. The fourth-order valence-electron chi connectivity index (χ4n) is 2.18. The molecule has 2 heterocycles. The van der Waals surface area contributed by atoms with Gasteiger partial charge in [-0.1, -0.05) is 6.92 Å². The van der Waals surface area contributed by atoms with Gasteiger partial charge in [-0.15, -0.1) is 11.3 Å². The van der Waals surface area contributed by atoms with Gasteiger partial charge < -0.3 is 20.4 Å². The number of aliphatic hydroxyl groups is 3. The fraction of sp³-hybridized carbons (Fsp3) is 0.600. The van der Waals surface area contributed by atoms with Gasteiger partial charge in [0.25, 0.3) is 0 Å². The molecule has 24 heavy (non-hydrogen) atoms. The highest BCUT2D eigenvalue weighted by Crippen LogP contribution is 2.23. The number of fused-ring (bicyclic) bond motifs is 1. The van der Waals surface area contributed by atoms with Crippen LogP contribution in [0.15, 0.2) is 6.20 Å². The van der Waals surface area contributed by atoms with Crippen molar-refractivity contribution in [3.8, 4) is 0 Å². The van der Waals surface area contributed by atoms with Crippen molar-refractivity contribution >= 4 is 22.3 Å². The van der Waals surface area contributed by atoms with Crippen LogP contribution in [0.1, 0.15) is 28.0 Å². The number of carboxylic acids is 1. The summed E-state index contributed by atoms with van der Waals surface area (Å²) in [6.45, 7) is 5.81. The molecule has 2 aromatic heterocycles. The highest BCUT2D eigenvalue weighted by Gasteiger charge is 2.13. The Bertz CT molecular complexity index is 626. The average molecular weight is 359 g/mol. The van der Waals surface area contributed by atoms with Crippen molar-refractivity contribution < 1.29 is 25.2 Å². The molecule has 4 N–H and O–H groups in total. The summed E-state index contributed by atoms with van der Waals surface area (Å²) in [5.41, 5.74) is 1.20. The number of nitrogens with zero attached hydrogens (tertiary/aromatic N) is 3. The molecule has 0 amide bonds. The summed E-state index contributed by atoms with van der Waals surface area (Å²) in [6, 6.07) is 0. The maximum Gasteiger partial charge on any atom is 0.356 e. The van der Waals surface area contributed by atoms with E-state index in [0.29, 0.717) is 19.6 Å². The molecule has 0 spiro atoms. The van der Waals surface area contributed by atoms with Crippen molar-refractivity contribution in [1.29, 1.82) is 0 Å². The van der Waals surface area contributed by atoms with Crippen LogP contribution in [0.2, 0.25) is 0 Å². The number of rotatable bonds is 8. The normalized spacial score (nSPS) is 10.9. The molecule has 0 aliphatic heterocycles. The van der Waals surface area contributed by atoms with Gasteiger partial charge in [-0.05, 0) is 13.3 Å². The largest absolute Gasteiger partial charge is 0.476 e. The molecular weight excluding hydrogens is 334 g/mol. The lowest BCUT2D eigenvalue weighted by atomic mass is 10.3. The molecule has 136 valence electrons. The number of aromatic nitrogens is 2. The Hall–Kier alpha value is -1.52. The van der Waals surface area contributed by atoms with Gasteiger partial charge in [0, 0.05) is 36.4 Å². The van der Waals surface area contributed by atoms with Crippen LogP contribution < -0.4 is 0 Å². The molecule has 0 fully saturated rings. The van der Waals surface area contributed by atoms with Crippen LogP contribution in [-0.4, -0.2) is 80.1 Å². The lowest BCUT2D eigenvalue weighted by molar-refractivity contribution is 0.0691. The van der Waals surface area contributed by atoms with Crippen LogP contribution in [0.4, 0.5) is 0 Å². The van der Waals surface area contributed by atoms with Crippen molar-refractivity contribution in [1.82, 2.24) is 14.3 Å². The van der Waals surface area contributed by atoms with Gasteiger partial charge >= 0.3 is 5.97 Å². The number of hydrogen-bond donors (Lipinski definition) is 4. The number of thiazole rings is 1. The van der Waals surface area contributed by atoms with Crippen LogP contribution >= 0.6 is 11.3 Å². The number of aromatic carboxylic acids is 1. The van der Waals surface area contributed by atoms with Crippen molar-refractivity contribution in [2.45, 2.75) is 20.3 Å². The zero-order valence-electron chi connectivity index (χ0n) is 14.0. The third-order valence-electron chi connectivity index (χ3n) is 3.44. The molecule has 0 aliphatic carbocycles. The van der Waals surface area contributed by atoms with Gasteiger partial charge in [0.2, 0.25) is 0 Å². The van der Waals surface area contributed by atoms with E-state index in [-0.39, 0.29) is 25.5 Å². The number of carbonyl (C=O) groups is 1. The van der Waals surface area contributed by atoms with Crippen molar-refractivity contribution in [2.75, 3.05) is 39.5 Å². The van der Waals surface area contributed by atoms with E-state index in [0.717, 1.165) is 17.1 Å². The minimum absolute atomic E-state index is 0.0694. The minimum Gasteiger partial charge on any atom is -0.476 e. The zero-order chi connectivity index (χ0) is 18.1. The van der Waals surface area contributed by atoms with Crippen LogP contribution in [0.3, 0.4) is 0 Å². The fourth-order valence-corrected chi connectivity index (χ4v) is 3.23. The number of hydrogen-bond acceptors (Lipinski definition) is 7. The van der Waals surface area contributed by atoms with Crippen molar-refractivity contribution in [3.63, 3.8) is 0 Å². The molecule has 2 aromatic rings. The van der Waals surface area contributed by atoms with E-state index in [9.17, 15) is 4.79 Å². The van der Waals surface area contributed by atoms with Gasteiger partial charge in [-0.25, -0.2) is 9.78 Å². The monoisotopic (exact) mass is 359 g/mol. The van der Waals surface area contributed by atoms with E-state index < -0.39 is 5.97 Å². The number of carboxylic acid groups (broad SMARTS) is 1. The van der Waals surface area contributed by atoms with E-state index in [1.807, 2.05) is 11.3 Å². The molecule has 0 saturated heterocycles. The first-order valence-electron chi connectivity index (χ1n) is 7.74. The quantitative estimate of drug-likeness (QED) is 0.533. The SMILES string of the molecule is CCc1sc2nc(C(=O)O)cn2c1C.OCCN(CCO)CCO. The molecule has 0 atom stereocenters. The Morgan fingerprint density at radius 2 is 1.75 bits per heavy atom. The van der Waals surface area contributed by atoms with E-state index in [1.54, 1.807) is 22.4 Å². The van der Waals surface area contributed by atoms with Crippen LogP contribution in [0.25, 0.3) is 4.96 Å². The van der Waals surface area contributed by atoms with Gasteiger partial charge in [-0.2, -0.15) is 0 Å². The maximum absolute atomic E-state index is 10.7. The first-order chi connectivity index (χ1) is 11.5. The standard InChI is InChI=1S/C9H10N2O2S.C6H15NO3/c1-3-7-5(2)11-4-6(8(12)13)10-9(11)14-7;8-4-1-7(2-5-9)3-6-10/h4H,3H2,1-2H3,(H,12,13);8-10H,1-6H2. The summed E-state index contributed by atoms with van der Waals surface area (Å²) < 4.78 is 1.84.